The van der Waals surface area contributed by atoms with E-state index in [4.69, 9.17) is 10.6 Å². The number of nitrogens with zero attached hydrogens (tertiary/aromatic N) is 5. The number of nitrogens with two attached hydrogens (primary N) is 1. The van der Waals surface area contributed by atoms with Crippen molar-refractivity contribution in [3.05, 3.63) is 52.9 Å². The molecule has 3 aromatic rings. The molecule has 3 N–H and O–H groups in total. The predicted octanol–water partition coefficient (Wildman–Crippen LogP) is -0.229. The molecule has 5 rings (SSSR count). The van der Waals surface area contributed by atoms with Crippen molar-refractivity contribution < 1.29 is 28.9 Å². The highest BCUT2D eigenvalue weighted by molar-refractivity contribution is 8.01. The van der Waals surface area contributed by atoms with Gasteiger partial charge in [-0.1, -0.05) is 16.9 Å². The van der Waals surface area contributed by atoms with Gasteiger partial charge >= 0.3 is 0 Å². The Bertz CT molecular complexity index is 1490. The lowest BCUT2D eigenvalue weighted by Crippen LogP contribution is -2.71. The summed E-state index contributed by atoms with van der Waals surface area (Å²) in [5.41, 5.74) is 7.16. The normalized spacial score (nSPS) is 19.1. The van der Waals surface area contributed by atoms with Crippen LogP contribution in [0, 0.1) is 0 Å². The summed E-state index contributed by atoms with van der Waals surface area (Å²) in [6.45, 7) is 0. The number of fused-ring (bicyclic) bond motifs is 2. The largest absolute Gasteiger partial charge is 0.543 e. The molecule has 12 nitrogen and oxygen atoms in total. The fourth-order valence-electron chi connectivity index (χ4n) is 4.13. The summed E-state index contributed by atoms with van der Waals surface area (Å²) in [6.07, 6.45) is 3.87. The smallest absolute Gasteiger partial charge is 0.286 e. The third kappa shape index (κ3) is 4.93. The second kappa shape index (κ2) is 11.2. The van der Waals surface area contributed by atoms with Gasteiger partial charge in [-0.05, 0) is 17.7 Å². The number of hydrogen-bond donors (Lipinski definition) is 2. The van der Waals surface area contributed by atoms with Gasteiger partial charge in [-0.3, -0.25) is 14.5 Å². The van der Waals surface area contributed by atoms with E-state index < -0.39 is 29.2 Å². The molecule has 0 bridgehead atoms. The number of rotatable bonds is 8. The molecular formula is C22H22ClN7O5S3. The van der Waals surface area contributed by atoms with Gasteiger partial charge in [0.05, 0.1) is 18.7 Å². The van der Waals surface area contributed by atoms with Crippen LogP contribution in [0.25, 0.3) is 5.65 Å². The van der Waals surface area contributed by atoms with Gasteiger partial charge in [0.1, 0.15) is 36.6 Å². The van der Waals surface area contributed by atoms with E-state index >= 15 is 0 Å². The van der Waals surface area contributed by atoms with Crippen molar-refractivity contribution in [1.29, 1.82) is 0 Å². The molecule has 3 aromatic heterocycles. The Labute approximate surface area is 235 Å². The Balaban J connectivity index is 0.00000336. The Morgan fingerprint density at radius 1 is 1.42 bits per heavy atom. The van der Waals surface area contributed by atoms with Crippen molar-refractivity contribution in [2.75, 3.05) is 24.3 Å². The summed E-state index contributed by atoms with van der Waals surface area (Å²) in [5, 5.41) is 20.6. The number of nitrogens with one attached hydrogen (secondary N) is 1. The van der Waals surface area contributed by atoms with Crippen LogP contribution >= 0.6 is 47.3 Å². The van der Waals surface area contributed by atoms with Crippen LogP contribution in [0.3, 0.4) is 0 Å². The number of β-lactam (4-membered cyclic amide) rings is 1. The van der Waals surface area contributed by atoms with Gasteiger partial charge in [0.15, 0.2) is 15.9 Å². The van der Waals surface area contributed by atoms with Crippen molar-refractivity contribution in [3.8, 4) is 0 Å². The molecule has 1 saturated heterocycles. The number of halogens is 1. The zero-order chi connectivity index (χ0) is 26.3. The lowest BCUT2D eigenvalue weighted by molar-refractivity contribution is -0.644. The number of thioether (sulfide) groups is 2. The van der Waals surface area contributed by atoms with Crippen molar-refractivity contribution in [2.24, 2.45) is 12.2 Å². The average molecular weight is 596 g/mol. The number of carbonyl (C=O) groups excluding carboxylic acids is 3. The second-order valence-electron chi connectivity index (χ2n) is 8.08. The maximum Gasteiger partial charge on any atom is 0.286 e. The number of carboxylic acids is 1. The lowest BCUT2D eigenvalue weighted by Gasteiger charge is -2.50. The number of thiazole rings is 1. The van der Waals surface area contributed by atoms with Crippen molar-refractivity contribution in [2.45, 2.75) is 16.4 Å². The van der Waals surface area contributed by atoms with E-state index in [1.165, 1.54) is 35.5 Å². The number of nitrogen functional groups attached to an aromatic ring is 1. The average Bonchev–Trinajstić information content (AvgIpc) is 3.49. The number of imidazole rings is 1. The van der Waals surface area contributed by atoms with E-state index in [0.717, 1.165) is 22.0 Å². The van der Waals surface area contributed by atoms with Gasteiger partial charge in [-0.15, -0.1) is 35.5 Å². The molecule has 0 aliphatic carbocycles. The van der Waals surface area contributed by atoms with Crippen LogP contribution in [-0.2, 0) is 26.3 Å². The van der Waals surface area contributed by atoms with Crippen LogP contribution < -0.4 is 20.7 Å². The molecule has 0 saturated carbocycles. The SMILES string of the molecule is CO/N=C(\C(=O)N[C@@H]1C(=O)N2C(C(=O)[O-])=C(CSc3cccc4n3cc[n+]4C)CS[C@H]12)c1csc(N)n1.Cl. The number of anilines is 1. The highest BCUT2D eigenvalue weighted by Crippen LogP contribution is 2.41. The molecule has 1 fully saturated rings. The molecule has 200 valence electrons. The number of carboxylic acid groups (broad SMARTS) is 1. The molecule has 2 atom stereocenters. The third-order valence-corrected chi connectivity index (χ3v) is 8.99. The molecule has 38 heavy (non-hydrogen) atoms. The number of aromatic nitrogens is 3. The number of hydrogen-bond acceptors (Lipinski definition) is 11. The van der Waals surface area contributed by atoms with E-state index in [1.54, 1.807) is 5.38 Å². The molecule has 2 aliphatic heterocycles. The third-order valence-electron chi connectivity index (χ3n) is 5.85. The van der Waals surface area contributed by atoms with E-state index in [-0.39, 0.29) is 34.6 Å². The fourth-order valence-corrected chi connectivity index (χ4v) is 7.19. The van der Waals surface area contributed by atoms with Gasteiger partial charge in [0, 0.05) is 23.0 Å². The number of oxime groups is 1. The fraction of sp³-hybridized carbons (Fsp3) is 0.273. The number of aryl methyl sites for hydroxylation is 1. The van der Waals surface area contributed by atoms with Gasteiger partial charge in [-0.25, -0.2) is 9.55 Å². The Kier molecular flexibility index (Phi) is 8.20. The molecule has 5 heterocycles. The van der Waals surface area contributed by atoms with Crippen LogP contribution in [0.1, 0.15) is 5.69 Å². The lowest BCUT2D eigenvalue weighted by atomic mass is 10.0. The predicted molar refractivity (Wildman–Crippen MR) is 144 cm³/mol. The first-order chi connectivity index (χ1) is 17.8. The van der Waals surface area contributed by atoms with E-state index in [9.17, 15) is 19.5 Å². The van der Waals surface area contributed by atoms with Crippen molar-refractivity contribution in [3.63, 3.8) is 0 Å². The first-order valence-electron chi connectivity index (χ1n) is 10.9. The summed E-state index contributed by atoms with van der Waals surface area (Å²) in [6, 6.07) is 4.93. The summed E-state index contributed by atoms with van der Waals surface area (Å²) in [5.74, 6) is -1.92. The highest BCUT2D eigenvalue weighted by Gasteiger charge is 2.53. The number of aliphatic carboxylic acids is 1. The molecule has 2 aliphatic rings. The molecule has 0 radical (unpaired) electrons. The minimum absolute atomic E-state index is 0. The molecule has 0 aromatic carbocycles. The van der Waals surface area contributed by atoms with Gasteiger partial charge in [0.25, 0.3) is 17.5 Å². The second-order valence-corrected chi connectivity index (χ2v) is 11.1. The van der Waals surface area contributed by atoms with Crippen LogP contribution in [0.4, 0.5) is 5.13 Å². The zero-order valence-electron chi connectivity index (χ0n) is 20.0. The zero-order valence-corrected chi connectivity index (χ0v) is 23.3. The number of pyridine rings is 1. The van der Waals surface area contributed by atoms with Crippen molar-refractivity contribution in [1.82, 2.24) is 19.6 Å². The minimum atomic E-state index is -1.43. The Morgan fingerprint density at radius 2 is 2.21 bits per heavy atom. The quantitative estimate of drug-likeness (QED) is 0.118. The van der Waals surface area contributed by atoms with Gasteiger partial charge in [-0.2, -0.15) is 4.40 Å². The number of amides is 2. The van der Waals surface area contributed by atoms with E-state index in [2.05, 4.69) is 15.5 Å². The highest BCUT2D eigenvalue weighted by atomic mass is 35.5. The van der Waals surface area contributed by atoms with Gasteiger partial charge < -0.3 is 25.8 Å². The van der Waals surface area contributed by atoms with Crippen molar-refractivity contribution >= 4 is 81.5 Å². The van der Waals surface area contributed by atoms with Crippen LogP contribution in [-0.4, -0.2) is 67.8 Å². The molecule has 0 unspecified atom stereocenters. The molecule has 0 spiro atoms. The molecule has 2 amide bonds. The molecular weight excluding hydrogens is 574 g/mol. The molecule has 16 heteroatoms. The maximum absolute atomic E-state index is 13.0. The van der Waals surface area contributed by atoms with E-state index in [0.29, 0.717) is 17.1 Å². The Morgan fingerprint density at radius 3 is 2.89 bits per heavy atom. The van der Waals surface area contributed by atoms with Crippen LogP contribution in [0.5, 0.6) is 0 Å². The van der Waals surface area contributed by atoms with Crippen LogP contribution in [0.15, 0.2) is 57.4 Å². The first-order valence-corrected chi connectivity index (χ1v) is 13.8. The summed E-state index contributed by atoms with van der Waals surface area (Å²) < 4.78 is 3.99. The summed E-state index contributed by atoms with van der Waals surface area (Å²) in [4.78, 5) is 48.0. The standard InChI is InChI=1S/C22H21N7O5S3.ClH/c1-27-6-7-28-13(27)4-3-5-14(28)35-8-11-9-36-20-16(19(31)29(20)17(11)21(32)33)25-18(30)15(26-34-2)12-10-37-22(23)24-12;/h3-7,10,16,20H,8-9H2,1-2H3,(H3-,23,24,25,30,32,33);1H/b26-15-;/t16-,20-;/m1./s1. The Hall–Kier alpha value is -3.27. The summed E-state index contributed by atoms with van der Waals surface area (Å²) >= 11 is 3.98. The minimum Gasteiger partial charge on any atom is -0.543 e. The maximum atomic E-state index is 13.0. The monoisotopic (exact) mass is 595 g/mol. The van der Waals surface area contributed by atoms with Crippen LogP contribution in [0.2, 0.25) is 0 Å². The topological polar surface area (TPSA) is 158 Å². The first kappa shape index (κ1) is 27.8. The van der Waals surface area contributed by atoms with E-state index in [1.807, 2.05) is 46.6 Å². The number of carbonyl (C=O) groups is 3. The van der Waals surface area contributed by atoms with Gasteiger partial charge in [0.2, 0.25) is 0 Å². The summed E-state index contributed by atoms with van der Waals surface area (Å²) in [7, 11) is 3.23.